The molecule has 126 valence electrons. The van der Waals surface area contributed by atoms with Gasteiger partial charge in [-0.3, -0.25) is 4.79 Å². The van der Waals surface area contributed by atoms with Crippen LogP contribution in [0.25, 0.3) is 0 Å². The first-order chi connectivity index (χ1) is 11.3. The molecule has 2 aliphatic rings. The van der Waals surface area contributed by atoms with E-state index in [4.69, 9.17) is 4.74 Å². The van der Waals surface area contributed by atoms with E-state index in [1.807, 2.05) is 6.07 Å². The van der Waals surface area contributed by atoms with Gasteiger partial charge in [-0.1, -0.05) is 0 Å². The highest BCUT2D eigenvalue weighted by molar-refractivity contribution is 5.92. The third kappa shape index (κ3) is 4.19. The number of amides is 1. The topological polar surface area (TPSA) is 67.3 Å². The fourth-order valence-corrected chi connectivity index (χ4v) is 3.46. The molecule has 2 heterocycles. The lowest BCUT2D eigenvalue weighted by Gasteiger charge is -2.27. The third-order valence-electron chi connectivity index (χ3n) is 4.99. The summed E-state index contributed by atoms with van der Waals surface area (Å²) in [6.45, 7) is 2.78. The predicted octanol–water partition coefficient (Wildman–Crippen LogP) is 2.01. The van der Waals surface area contributed by atoms with Gasteiger partial charge in [0, 0.05) is 26.7 Å². The number of aromatic nitrogens is 2. The molecule has 2 fully saturated rings. The van der Waals surface area contributed by atoms with Crippen LogP contribution >= 0.6 is 0 Å². The fourth-order valence-electron chi connectivity index (χ4n) is 3.46. The Morgan fingerprint density at radius 2 is 1.96 bits per heavy atom. The summed E-state index contributed by atoms with van der Waals surface area (Å²) in [4.78, 5) is 14.4. The van der Waals surface area contributed by atoms with Crippen molar-refractivity contribution < 1.29 is 9.53 Å². The molecule has 1 aromatic rings. The van der Waals surface area contributed by atoms with Gasteiger partial charge in [-0.25, -0.2) is 0 Å². The molecule has 1 aliphatic carbocycles. The van der Waals surface area contributed by atoms with Crippen molar-refractivity contribution in [3.8, 4) is 0 Å². The predicted molar refractivity (Wildman–Crippen MR) is 88.6 cm³/mol. The Kier molecular flexibility index (Phi) is 5.43. The van der Waals surface area contributed by atoms with E-state index in [1.165, 1.54) is 12.8 Å². The molecule has 1 aliphatic heterocycles. The fraction of sp³-hybridized carbons (Fsp3) is 0.706. The van der Waals surface area contributed by atoms with Crippen molar-refractivity contribution in [3.63, 3.8) is 0 Å². The summed E-state index contributed by atoms with van der Waals surface area (Å²) < 4.78 is 5.38. The number of nitrogens with zero attached hydrogens (tertiary/aromatic N) is 3. The highest BCUT2D eigenvalue weighted by Crippen LogP contribution is 2.25. The summed E-state index contributed by atoms with van der Waals surface area (Å²) in [5, 5.41) is 11.3. The van der Waals surface area contributed by atoms with Crippen LogP contribution in [-0.4, -0.2) is 49.0 Å². The standard InChI is InChI=1S/C17H26N4O2/c1-23-14-6-4-13(5-7-14)12-18-17(22)15-8-9-16(20-19-15)21-10-2-3-11-21/h8-9,13-14H,2-7,10-12H2,1H3,(H,18,22). The van der Waals surface area contributed by atoms with Crippen molar-refractivity contribution in [2.24, 2.45) is 5.92 Å². The molecule has 6 heteroatoms. The summed E-state index contributed by atoms with van der Waals surface area (Å²) in [6.07, 6.45) is 7.19. The van der Waals surface area contributed by atoms with E-state index in [-0.39, 0.29) is 5.91 Å². The number of hydrogen-bond acceptors (Lipinski definition) is 5. The molecule has 1 amide bonds. The van der Waals surface area contributed by atoms with Gasteiger partial charge < -0.3 is 15.0 Å². The normalized spacial score (nSPS) is 24.7. The SMILES string of the molecule is COC1CCC(CNC(=O)c2ccc(N3CCCC3)nn2)CC1. The summed E-state index contributed by atoms with van der Waals surface area (Å²) in [5.74, 6) is 1.29. The average Bonchev–Trinajstić information content (AvgIpc) is 3.15. The molecule has 0 bridgehead atoms. The summed E-state index contributed by atoms with van der Waals surface area (Å²) in [5.41, 5.74) is 0.401. The molecule has 3 rings (SSSR count). The smallest absolute Gasteiger partial charge is 0.271 e. The number of hydrogen-bond donors (Lipinski definition) is 1. The van der Waals surface area contributed by atoms with Crippen LogP contribution in [0.15, 0.2) is 12.1 Å². The average molecular weight is 318 g/mol. The molecule has 1 saturated heterocycles. The van der Waals surface area contributed by atoms with E-state index in [0.717, 1.165) is 44.6 Å². The van der Waals surface area contributed by atoms with Crippen molar-refractivity contribution >= 4 is 11.7 Å². The van der Waals surface area contributed by atoms with Crippen molar-refractivity contribution in [2.45, 2.75) is 44.6 Å². The first-order valence-electron chi connectivity index (χ1n) is 8.66. The second-order valence-corrected chi connectivity index (χ2v) is 6.56. The zero-order valence-corrected chi connectivity index (χ0v) is 13.8. The maximum Gasteiger partial charge on any atom is 0.271 e. The Hall–Kier alpha value is -1.69. The van der Waals surface area contributed by atoms with Crippen molar-refractivity contribution in [1.82, 2.24) is 15.5 Å². The molecule has 0 aromatic carbocycles. The molecule has 1 aromatic heterocycles. The number of carbonyl (C=O) groups excluding carboxylic acids is 1. The summed E-state index contributed by atoms with van der Waals surface area (Å²) in [6, 6.07) is 3.68. The zero-order valence-electron chi connectivity index (χ0n) is 13.8. The van der Waals surface area contributed by atoms with Crippen molar-refractivity contribution in [3.05, 3.63) is 17.8 Å². The highest BCUT2D eigenvalue weighted by atomic mass is 16.5. The van der Waals surface area contributed by atoms with Gasteiger partial charge in [0.2, 0.25) is 0 Å². The first kappa shape index (κ1) is 16.2. The maximum atomic E-state index is 12.2. The van der Waals surface area contributed by atoms with Gasteiger partial charge in [-0.15, -0.1) is 10.2 Å². The Morgan fingerprint density at radius 1 is 1.22 bits per heavy atom. The van der Waals surface area contributed by atoms with E-state index in [0.29, 0.717) is 24.3 Å². The molecule has 0 radical (unpaired) electrons. The Balaban J connectivity index is 1.46. The number of ether oxygens (including phenoxy) is 1. The zero-order chi connectivity index (χ0) is 16.1. The molecule has 1 saturated carbocycles. The number of carbonyl (C=O) groups is 1. The Bertz CT molecular complexity index is 506. The van der Waals surface area contributed by atoms with Gasteiger partial charge in [0.05, 0.1) is 6.10 Å². The van der Waals surface area contributed by atoms with Gasteiger partial charge >= 0.3 is 0 Å². The van der Waals surface area contributed by atoms with Gasteiger partial charge in [-0.2, -0.15) is 0 Å². The quantitative estimate of drug-likeness (QED) is 0.899. The molecule has 6 nitrogen and oxygen atoms in total. The lowest BCUT2D eigenvalue weighted by atomic mass is 9.87. The van der Waals surface area contributed by atoms with E-state index >= 15 is 0 Å². The summed E-state index contributed by atoms with van der Waals surface area (Å²) >= 11 is 0. The molecule has 1 N–H and O–H groups in total. The lowest BCUT2D eigenvalue weighted by Crippen LogP contribution is -2.33. The van der Waals surface area contributed by atoms with Crippen LogP contribution in [0.1, 0.15) is 49.0 Å². The van der Waals surface area contributed by atoms with Crippen LogP contribution in [0.2, 0.25) is 0 Å². The van der Waals surface area contributed by atoms with Crippen molar-refractivity contribution in [1.29, 1.82) is 0 Å². The first-order valence-corrected chi connectivity index (χ1v) is 8.66. The third-order valence-corrected chi connectivity index (χ3v) is 4.99. The Labute approximate surface area is 137 Å². The lowest BCUT2D eigenvalue weighted by molar-refractivity contribution is 0.0562. The van der Waals surface area contributed by atoms with E-state index in [2.05, 4.69) is 20.4 Å². The number of nitrogens with one attached hydrogen (secondary N) is 1. The van der Waals surface area contributed by atoms with Crippen LogP contribution in [0.3, 0.4) is 0 Å². The molecule has 23 heavy (non-hydrogen) atoms. The Morgan fingerprint density at radius 3 is 2.57 bits per heavy atom. The second kappa shape index (κ2) is 7.73. The molecule has 0 atom stereocenters. The van der Waals surface area contributed by atoms with Crippen LogP contribution in [0, 0.1) is 5.92 Å². The van der Waals surface area contributed by atoms with Gasteiger partial charge in [0.15, 0.2) is 11.5 Å². The summed E-state index contributed by atoms with van der Waals surface area (Å²) in [7, 11) is 1.78. The highest BCUT2D eigenvalue weighted by Gasteiger charge is 2.21. The van der Waals surface area contributed by atoms with Gasteiger partial charge in [0.1, 0.15) is 0 Å². The molecule has 0 unspecified atom stereocenters. The molecular weight excluding hydrogens is 292 g/mol. The minimum absolute atomic E-state index is 0.126. The van der Waals surface area contributed by atoms with Gasteiger partial charge in [0.25, 0.3) is 5.91 Å². The number of rotatable bonds is 5. The molecule has 0 spiro atoms. The van der Waals surface area contributed by atoms with Crippen LogP contribution in [-0.2, 0) is 4.74 Å². The van der Waals surface area contributed by atoms with E-state index < -0.39 is 0 Å². The van der Waals surface area contributed by atoms with Gasteiger partial charge in [-0.05, 0) is 56.6 Å². The van der Waals surface area contributed by atoms with E-state index in [9.17, 15) is 4.79 Å². The maximum absolute atomic E-state index is 12.2. The van der Waals surface area contributed by atoms with Crippen LogP contribution < -0.4 is 10.2 Å². The second-order valence-electron chi connectivity index (χ2n) is 6.56. The van der Waals surface area contributed by atoms with Crippen LogP contribution in [0.5, 0.6) is 0 Å². The number of methoxy groups -OCH3 is 1. The minimum Gasteiger partial charge on any atom is -0.381 e. The minimum atomic E-state index is -0.126. The largest absolute Gasteiger partial charge is 0.381 e. The monoisotopic (exact) mass is 318 g/mol. The van der Waals surface area contributed by atoms with Crippen LogP contribution in [0.4, 0.5) is 5.82 Å². The van der Waals surface area contributed by atoms with E-state index in [1.54, 1.807) is 13.2 Å². The molecular formula is C17H26N4O2. The van der Waals surface area contributed by atoms with Crippen molar-refractivity contribution in [2.75, 3.05) is 31.6 Å². The number of anilines is 1.